The van der Waals surface area contributed by atoms with Crippen molar-refractivity contribution in [2.75, 3.05) is 16.7 Å². The number of nitrogens with one attached hydrogen (secondary N) is 1. The van der Waals surface area contributed by atoms with E-state index in [0.717, 1.165) is 0 Å². The van der Waals surface area contributed by atoms with Crippen molar-refractivity contribution >= 4 is 50.5 Å². The molecule has 9 heteroatoms. The van der Waals surface area contributed by atoms with E-state index in [1.165, 1.54) is 29.2 Å². The van der Waals surface area contributed by atoms with Crippen LogP contribution >= 0.6 is 23.2 Å². The van der Waals surface area contributed by atoms with E-state index in [2.05, 4.69) is 4.72 Å². The van der Waals surface area contributed by atoms with Gasteiger partial charge in [-0.15, -0.1) is 0 Å². The highest BCUT2D eigenvalue weighted by Crippen LogP contribution is 2.37. The number of benzene rings is 2. The molecule has 24 heavy (non-hydrogen) atoms. The van der Waals surface area contributed by atoms with Gasteiger partial charge in [0.15, 0.2) is 5.75 Å². The number of phenols is 1. The maximum Gasteiger partial charge on any atom is 0.262 e. The van der Waals surface area contributed by atoms with Gasteiger partial charge >= 0.3 is 0 Å². The number of carbonyl (C=O) groups excluding carboxylic acids is 1. The molecule has 0 saturated heterocycles. The molecule has 6 nitrogen and oxygen atoms in total. The van der Waals surface area contributed by atoms with Crippen LogP contribution in [0.3, 0.4) is 0 Å². The van der Waals surface area contributed by atoms with Crippen LogP contribution in [0.25, 0.3) is 0 Å². The highest BCUT2D eigenvalue weighted by molar-refractivity contribution is 7.92. The summed E-state index contributed by atoms with van der Waals surface area (Å²) in [5.74, 6) is -0.521. The van der Waals surface area contributed by atoms with Gasteiger partial charge in [0.1, 0.15) is 0 Å². The van der Waals surface area contributed by atoms with Crippen LogP contribution in [-0.2, 0) is 21.2 Å². The summed E-state index contributed by atoms with van der Waals surface area (Å²) in [4.78, 5) is 13.1. The molecule has 126 valence electrons. The van der Waals surface area contributed by atoms with E-state index < -0.39 is 15.8 Å². The second-order valence-corrected chi connectivity index (χ2v) is 7.84. The standard InChI is InChI=1S/C15H12Cl2N2O4S/c1-19-13-3-2-10(4-8(13)5-14(19)20)24(22,23)18-12-7-9(16)6-11(17)15(12)21/h2-4,6-7,18,21H,5H2,1H3. The average Bonchev–Trinajstić information content (AvgIpc) is 2.78. The van der Waals surface area contributed by atoms with Gasteiger partial charge in [0.25, 0.3) is 10.0 Å². The number of fused-ring (bicyclic) bond motifs is 1. The molecule has 2 aromatic carbocycles. The Labute approximate surface area is 148 Å². The zero-order valence-corrected chi connectivity index (χ0v) is 14.7. The maximum absolute atomic E-state index is 12.5. The van der Waals surface area contributed by atoms with Crippen molar-refractivity contribution in [3.8, 4) is 5.75 Å². The molecule has 2 aromatic rings. The fourth-order valence-corrected chi connectivity index (χ4v) is 4.06. The minimum absolute atomic E-state index is 0.0279. The average molecular weight is 387 g/mol. The molecule has 0 unspecified atom stereocenters. The minimum Gasteiger partial charge on any atom is -0.504 e. The molecule has 3 rings (SSSR count). The quantitative estimate of drug-likeness (QED) is 0.793. The molecule has 0 spiro atoms. The number of nitrogens with zero attached hydrogens (tertiary/aromatic N) is 1. The summed E-state index contributed by atoms with van der Waals surface area (Å²) >= 11 is 11.6. The van der Waals surface area contributed by atoms with Gasteiger partial charge in [0.05, 0.1) is 22.0 Å². The second kappa shape index (κ2) is 5.84. The van der Waals surface area contributed by atoms with Gasteiger partial charge < -0.3 is 10.0 Å². The van der Waals surface area contributed by atoms with E-state index in [4.69, 9.17) is 23.2 Å². The number of anilines is 2. The molecule has 0 aliphatic carbocycles. The van der Waals surface area contributed by atoms with Crippen molar-refractivity contribution in [3.63, 3.8) is 0 Å². The number of rotatable bonds is 3. The molecule has 0 bridgehead atoms. The topological polar surface area (TPSA) is 86.7 Å². The predicted molar refractivity (Wildman–Crippen MR) is 92.5 cm³/mol. The number of likely N-dealkylation sites (N-methyl/N-ethyl adjacent to an activating group) is 1. The lowest BCUT2D eigenvalue weighted by molar-refractivity contribution is -0.117. The molecule has 1 aliphatic rings. The normalized spacial score (nSPS) is 14.0. The Morgan fingerprint density at radius 2 is 1.92 bits per heavy atom. The van der Waals surface area contributed by atoms with Crippen molar-refractivity contribution in [1.29, 1.82) is 0 Å². The number of carbonyl (C=O) groups is 1. The third-order valence-corrected chi connectivity index (χ3v) is 5.58. The van der Waals surface area contributed by atoms with E-state index in [-0.39, 0.29) is 33.0 Å². The summed E-state index contributed by atoms with van der Waals surface area (Å²) < 4.78 is 27.3. The number of phenolic OH excluding ortho intramolecular Hbond substituents is 1. The molecular weight excluding hydrogens is 375 g/mol. The summed E-state index contributed by atoms with van der Waals surface area (Å²) in [5, 5.41) is 10.00. The lowest BCUT2D eigenvalue weighted by atomic mass is 10.2. The van der Waals surface area contributed by atoms with Crippen molar-refractivity contribution in [2.24, 2.45) is 0 Å². The third kappa shape index (κ3) is 2.90. The monoisotopic (exact) mass is 386 g/mol. The van der Waals surface area contributed by atoms with Crippen molar-refractivity contribution in [3.05, 3.63) is 45.9 Å². The first-order valence-corrected chi connectivity index (χ1v) is 9.03. The molecule has 0 fully saturated rings. The van der Waals surface area contributed by atoms with Crippen molar-refractivity contribution in [1.82, 2.24) is 0 Å². The number of aromatic hydroxyl groups is 1. The SMILES string of the molecule is CN1C(=O)Cc2cc(S(=O)(=O)Nc3cc(Cl)cc(Cl)c3O)ccc21. The Morgan fingerprint density at radius 1 is 1.21 bits per heavy atom. The fourth-order valence-electron chi connectivity index (χ4n) is 2.46. The van der Waals surface area contributed by atoms with Gasteiger partial charge in [-0.3, -0.25) is 9.52 Å². The van der Waals surface area contributed by atoms with Crippen LogP contribution < -0.4 is 9.62 Å². The summed E-state index contributed by atoms with van der Waals surface area (Å²) in [6.45, 7) is 0. The number of hydrogen-bond acceptors (Lipinski definition) is 4. The van der Waals surface area contributed by atoms with E-state index in [0.29, 0.717) is 11.3 Å². The molecule has 2 N–H and O–H groups in total. The largest absolute Gasteiger partial charge is 0.504 e. The highest BCUT2D eigenvalue weighted by atomic mass is 35.5. The Morgan fingerprint density at radius 3 is 2.62 bits per heavy atom. The lowest BCUT2D eigenvalue weighted by Gasteiger charge is -2.13. The summed E-state index contributed by atoms with van der Waals surface area (Å²) in [7, 11) is -2.35. The van der Waals surface area contributed by atoms with E-state index in [9.17, 15) is 18.3 Å². The molecule has 1 heterocycles. The number of halogens is 2. The van der Waals surface area contributed by atoms with Crippen LogP contribution in [0.4, 0.5) is 11.4 Å². The molecule has 1 amide bonds. The molecule has 1 aliphatic heterocycles. The van der Waals surface area contributed by atoms with Gasteiger partial charge in [-0.2, -0.15) is 0 Å². The van der Waals surface area contributed by atoms with Gasteiger partial charge in [-0.25, -0.2) is 8.42 Å². The molecule has 0 aromatic heterocycles. The van der Waals surface area contributed by atoms with Crippen molar-refractivity contribution < 1.29 is 18.3 Å². The van der Waals surface area contributed by atoms with Crippen LogP contribution in [0.5, 0.6) is 5.75 Å². The van der Waals surface area contributed by atoms with Crippen LogP contribution in [0.1, 0.15) is 5.56 Å². The molecule has 0 radical (unpaired) electrons. The number of sulfonamides is 1. The Hall–Kier alpha value is -1.96. The molecular formula is C15H12Cl2N2O4S. The van der Waals surface area contributed by atoms with E-state index >= 15 is 0 Å². The highest BCUT2D eigenvalue weighted by Gasteiger charge is 2.26. The van der Waals surface area contributed by atoms with Crippen LogP contribution in [0, 0.1) is 0 Å². The zero-order valence-electron chi connectivity index (χ0n) is 12.4. The maximum atomic E-state index is 12.5. The van der Waals surface area contributed by atoms with Gasteiger partial charge in [-0.1, -0.05) is 23.2 Å². The van der Waals surface area contributed by atoms with Crippen LogP contribution in [0.2, 0.25) is 10.0 Å². The Kier molecular flexibility index (Phi) is 4.11. The first kappa shape index (κ1) is 16.9. The summed E-state index contributed by atoms with van der Waals surface area (Å²) in [6, 6.07) is 6.94. The third-order valence-electron chi connectivity index (χ3n) is 3.71. The van der Waals surface area contributed by atoms with Gasteiger partial charge in [-0.05, 0) is 35.9 Å². The molecule has 0 saturated carbocycles. The number of hydrogen-bond donors (Lipinski definition) is 2. The minimum atomic E-state index is -3.98. The van der Waals surface area contributed by atoms with E-state index in [1.54, 1.807) is 13.1 Å². The van der Waals surface area contributed by atoms with Crippen LogP contribution in [0.15, 0.2) is 35.2 Å². The summed E-state index contributed by atoms with van der Waals surface area (Å²) in [6.07, 6.45) is 0.142. The Balaban J connectivity index is 1.98. The van der Waals surface area contributed by atoms with Gasteiger partial charge in [0, 0.05) is 17.8 Å². The predicted octanol–water partition coefficient (Wildman–Crippen LogP) is 3.02. The first-order chi connectivity index (χ1) is 11.2. The van der Waals surface area contributed by atoms with E-state index in [1.807, 2.05) is 0 Å². The number of amides is 1. The molecule has 0 atom stereocenters. The van der Waals surface area contributed by atoms with Crippen LogP contribution in [-0.4, -0.2) is 26.5 Å². The fraction of sp³-hybridized carbons (Fsp3) is 0.133. The Bertz CT molecular complexity index is 960. The van der Waals surface area contributed by atoms with Crippen molar-refractivity contribution in [2.45, 2.75) is 11.3 Å². The zero-order chi connectivity index (χ0) is 17.6. The first-order valence-electron chi connectivity index (χ1n) is 6.79. The van der Waals surface area contributed by atoms with Gasteiger partial charge in [0.2, 0.25) is 5.91 Å². The lowest BCUT2D eigenvalue weighted by Crippen LogP contribution is -2.20. The smallest absolute Gasteiger partial charge is 0.262 e. The summed E-state index contributed by atoms with van der Waals surface area (Å²) in [5.41, 5.74) is 1.17. The second-order valence-electron chi connectivity index (χ2n) is 5.31.